The monoisotopic (exact) mass is 278 g/mol. The number of hydrogen-bond acceptors (Lipinski definition) is 4. The Morgan fingerprint density at radius 2 is 2.30 bits per heavy atom. The molecule has 0 radical (unpaired) electrons. The van der Waals surface area contributed by atoms with Gasteiger partial charge in [0.1, 0.15) is 0 Å². The second-order valence-electron chi connectivity index (χ2n) is 6.28. The molecule has 1 atom stereocenters. The number of rotatable bonds is 5. The molecule has 2 rings (SSSR count). The highest BCUT2D eigenvalue weighted by Gasteiger charge is 2.17. The fraction of sp³-hybridized carbons (Fsp3) is 0.733. The Morgan fingerprint density at radius 3 is 3.00 bits per heavy atom. The Labute approximate surface area is 121 Å². The zero-order valence-electron chi connectivity index (χ0n) is 12.8. The maximum Gasteiger partial charge on any atom is 0.293 e. The molecule has 0 aliphatic carbocycles. The first-order valence-electron chi connectivity index (χ1n) is 7.54. The smallest absolute Gasteiger partial charge is 0.293 e. The van der Waals surface area contributed by atoms with Gasteiger partial charge in [0, 0.05) is 32.0 Å². The van der Waals surface area contributed by atoms with E-state index in [2.05, 4.69) is 36.1 Å². The third-order valence-corrected chi connectivity index (χ3v) is 3.76. The van der Waals surface area contributed by atoms with Crippen LogP contribution >= 0.6 is 0 Å². The van der Waals surface area contributed by atoms with Crippen LogP contribution in [0.1, 0.15) is 26.7 Å². The Balaban J connectivity index is 1.97. The molecular formula is C15H26N4O. The molecule has 20 heavy (non-hydrogen) atoms. The molecule has 1 aromatic rings. The lowest BCUT2D eigenvalue weighted by Crippen LogP contribution is -2.36. The van der Waals surface area contributed by atoms with Gasteiger partial charge in [0.2, 0.25) is 0 Å². The van der Waals surface area contributed by atoms with Gasteiger partial charge in [-0.15, -0.1) is 0 Å². The minimum atomic E-state index is -0.00892. The maximum atomic E-state index is 12.3. The summed E-state index contributed by atoms with van der Waals surface area (Å²) in [5.41, 5.74) is -0.00892. The molecule has 0 aromatic carbocycles. The molecule has 1 fully saturated rings. The number of piperidine rings is 1. The van der Waals surface area contributed by atoms with Crippen molar-refractivity contribution in [1.82, 2.24) is 14.5 Å². The standard InChI is InChI=1S/C15H26N4O/c1-12(2)10-19-8-6-16-14(15(19)20)17-9-13-5-4-7-18(3)11-13/h6,8,12-13H,4-5,7,9-11H2,1-3H3,(H,16,17). The van der Waals surface area contributed by atoms with Gasteiger partial charge in [-0.1, -0.05) is 13.8 Å². The van der Waals surface area contributed by atoms with Crippen LogP contribution in [0.15, 0.2) is 17.2 Å². The highest BCUT2D eigenvalue weighted by Crippen LogP contribution is 2.14. The molecule has 112 valence electrons. The quantitative estimate of drug-likeness (QED) is 0.890. The van der Waals surface area contributed by atoms with Crippen molar-refractivity contribution in [1.29, 1.82) is 0 Å². The topological polar surface area (TPSA) is 50.2 Å². The van der Waals surface area contributed by atoms with E-state index in [1.165, 1.54) is 19.4 Å². The van der Waals surface area contributed by atoms with Gasteiger partial charge < -0.3 is 14.8 Å². The fourth-order valence-corrected chi connectivity index (χ4v) is 2.79. The van der Waals surface area contributed by atoms with Gasteiger partial charge in [0.25, 0.3) is 5.56 Å². The molecule has 0 amide bonds. The number of hydrogen-bond donors (Lipinski definition) is 1. The van der Waals surface area contributed by atoms with Gasteiger partial charge in [0.05, 0.1) is 0 Å². The molecule has 5 heteroatoms. The number of nitrogens with zero attached hydrogens (tertiary/aromatic N) is 3. The average molecular weight is 278 g/mol. The zero-order chi connectivity index (χ0) is 14.5. The number of aromatic nitrogens is 2. The van der Waals surface area contributed by atoms with E-state index in [-0.39, 0.29) is 5.56 Å². The molecule has 1 aromatic heterocycles. The third kappa shape index (κ3) is 4.07. The number of anilines is 1. The van der Waals surface area contributed by atoms with Crippen molar-refractivity contribution in [3.63, 3.8) is 0 Å². The van der Waals surface area contributed by atoms with Crippen molar-refractivity contribution in [2.75, 3.05) is 32.0 Å². The summed E-state index contributed by atoms with van der Waals surface area (Å²) in [6.07, 6.45) is 5.94. The first kappa shape index (κ1) is 15.0. The van der Waals surface area contributed by atoms with E-state index >= 15 is 0 Å². The minimum absolute atomic E-state index is 0.00892. The Hall–Kier alpha value is -1.36. The van der Waals surface area contributed by atoms with E-state index in [0.717, 1.165) is 19.6 Å². The van der Waals surface area contributed by atoms with Crippen molar-refractivity contribution in [2.24, 2.45) is 11.8 Å². The van der Waals surface area contributed by atoms with Gasteiger partial charge in [-0.2, -0.15) is 0 Å². The zero-order valence-corrected chi connectivity index (χ0v) is 12.8. The molecule has 0 spiro atoms. The Kier molecular flexibility index (Phi) is 5.17. The Bertz CT molecular complexity index is 483. The summed E-state index contributed by atoms with van der Waals surface area (Å²) in [6, 6.07) is 0. The minimum Gasteiger partial charge on any atom is -0.365 e. The summed E-state index contributed by atoms with van der Waals surface area (Å²) in [7, 11) is 2.16. The summed E-state index contributed by atoms with van der Waals surface area (Å²) < 4.78 is 1.74. The molecule has 1 aliphatic heterocycles. The first-order valence-corrected chi connectivity index (χ1v) is 7.54. The number of likely N-dealkylation sites (tertiary alicyclic amines) is 1. The van der Waals surface area contributed by atoms with Crippen LogP contribution in [0.25, 0.3) is 0 Å². The van der Waals surface area contributed by atoms with E-state index < -0.39 is 0 Å². The van der Waals surface area contributed by atoms with Gasteiger partial charge in [-0.25, -0.2) is 4.98 Å². The fourth-order valence-electron chi connectivity index (χ4n) is 2.79. The van der Waals surface area contributed by atoms with E-state index in [9.17, 15) is 4.79 Å². The van der Waals surface area contributed by atoms with E-state index in [1.54, 1.807) is 17.0 Å². The van der Waals surface area contributed by atoms with Gasteiger partial charge >= 0.3 is 0 Å². The van der Waals surface area contributed by atoms with E-state index in [1.807, 2.05) is 0 Å². The molecule has 1 unspecified atom stereocenters. The van der Waals surface area contributed by atoms with Crippen molar-refractivity contribution in [3.05, 3.63) is 22.7 Å². The highest BCUT2D eigenvalue weighted by molar-refractivity contribution is 5.30. The van der Waals surface area contributed by atoms with Crippen LogP contribution in [0.2, 0.25) is 0 Å². The van der Waals surface area contributed by atoms with Crippen molar-refractivity contribution >= 4 is 5.82 Å². The molecular weight excluding hydrogens is 252 g/mol. The highest BCUT2D eigenvalue weighted by atomic mass is 16.1. The third-order valence-electron chi connectivity index (χ3n) is 3.76. The van der Waals surface area contributed by atoms with Crippen molar-refractivity contribution in [2.45, 2.75) is 33.2 Å². The van der Waals surface area contributed by atoms with Crippen LogP contribution in [0.3, 0.4) is 0 Å². The predicted octanol–water partition coefficient (Wildman–Crippen LogP) is 1.65. The summed E-state index contributed by atoms with van der Waals surface area (Å²) in [5, 5.41) is 3.25. The van der Waals surface area contributed by atoms with Crippen LogP contribution < -0.4 is 10.9 Å². The summed E-state index contributed by atoms with van der Waals surface area (Å²) in [6.45, 7) is 8.07. The van der Waals surface area contributed by atoms with Crippen LogP contribution in [0.4, 0.5) is 5.82 Å². The lowest BCUT2D eigenvalue weighted by atomic mass is 9.98. The van der Waals surface area contributed by atoms with Crippen LogP contribution in [0, 0.1) is 11.8 Å². The van der Waals surface area contributed by atoms with Crippen molar-refractivity contribution < 1.29 is 0 Å². The summed E-state index contributed by atoms with van der Waals surface area (Å²) in [5.74, 6) is 1.55. The molecule has 2 heterocycles. The normalized spacial score (nSPS) is 20.3. The molecule has 1 saturated heterocycles. The summed E-state index contributed by atoms with van der Waals surface area (Å²) in [4.78, 5) is 18.8. The van der Waals surface area contributed by atoms with Gasteiger partial charge in [-0.05, 0) is 38.3 Å². The first-order chi connectivity index (χ1) is 9.56. The van der Waals surface area contributed by atoms with Gasteiger partial charge in [-0.3, -0.25) is 4.79 Å². The second kappa shape index (κ2) is 6.88. The van der Waals surface area contributed by atoms with Crippen LogP contribution in [0.5, 0.6) is 0 Å². The van der Waals surface area contributed by atoms with Crippen LogP contribution in [-0.4, -0.2) is 41.1 Å². The largest absolute Gasteiger partial charge is 0.365 e. The molecule has 0 saturated carbocycles. The maximum absolute atomic E-state index is 12.3. The van der Waals surface area contributed by atoms with E-state index in [0.29, 0.717) is 17.7 Å². The molecule has 1 aliphatic rings. The second-order valence-corrected chi connectivity index (χ2v) is 6.28. The number of nitrogens with one attached hydrogen (secondary N) is 1. The van der Waals surface area contributed by atoms with Crippen LogP contribution in [-0.2, 0) is 6.54 Å². The summed E-state index contributed by atoms with van der Waals surface area (Å²) >= 11 is 0. The van der Waals surface area contributed by atoms with Gasteiger partial charge in [0.15, 0.2) is 5.82 Å². The Morgan fingerprint density at radius 1 is 1.50 bits per heavy atom. The lowest BCUT2D eigenvalue weighted by Gasteiger charge is -2.29. The molecule has 5 nitrogen and oxygen atoms in total. The predicted molar refractivity (Wildman–Crippen MR) is 82.0 cm³/mol. The van der Waals surface area contributed by atoms with Crippen molar-refractivity contribution in [3.8, 4) is 0 Å². The average Bonchev–Trinajstić information content (AvgIpc) is 2.39. The van der Waals surface area contributed by atoms with E-state index in [4.69, 9.17) is 0 Å². The molecule has 1 N–H and O–H groups in total. The SMILES string of the molecule is CC(C)Cn1ccnc(NCC2CCCN(C)C2)c1=O. The lowest BCUT2D eigenvalue weighted by molar-refractivity contribution is 0.217. The molecule has 0 bridgehead atoms.